The predicted molar refractivity (Wildman–Crippen MR) is 114 cm³/mol. The standard InChI is InChI=1S/C22H25N5O2/c1-2-23-22(25-14-12-18-6-3-4-13-24-18)26-16-17-8-10-19(11-9-17)27-21(28)20-7-5-15-29-20/h3-11,13,15H,2,12,14,16H2,1H3,(H,27,28)(H2,23,25,26). The molecule has 0 fully saturated rings. The third-order valence-electron chi connectivity index (χ3n) is 4.12. The van der Waals surface area contributed by atoms with Crippen LogP contribution in [-0.2, 0) is 13.0 Å². The fourth-order valence-electron chi connectivity index (χ4n) is 2.66. The Kier molecular flexibility index (Phi) is 7.40. The lowest BCUT2D eigenvalue weighted by Crippen LogP contribution is -2.38. The molecule has 0 bridgehead atoms. The molecule has 0 saturated heterocycles. The SMILES string of the molecule is CCNC(=NCc1ccc(NC(=O)c2ccco2)cc1)NCCc1ccccn1. The van der Waals surface area contributed by atoms with Crippen LogP contribution < -0.4 is 16.0 Å². The van der Waals surface area contributed by atoms with Gasteiger partial charge < -0.3 is 20.4 Å². The van der Waals surface area contributed by atoms with Gasteiger partial charge in [-0.3, -0.25) is 9.78 Å². The fourth-order valence-corrected chi connectivity index (χ4v) is 2.66. The number of hydrogen-bond acceptors (Lipinski definition) is 4. The highest BCUT2D eigenvalue weighted by Gasteiger charge is 2.08. The summed E-state index contributed by atoms with van der Waals surface area (Å²) in [6.45, 7) is 4.10. The summed E-state index contributed by atoms with van der Waals surface area (Å²) in [6.07, 6.45) is 4.10. The van der Waals surface area contributed by atoms with Crippen LogP contribution in [-0.4, -0.2) is 29.9 Å². The van der Waals surface area contributed by atoms with Crippen LogP contribution in [0.25, 0.3) is 0 Å². The molecule has 0 spiro atoms. The average Bonchev–Trinajstić information content (AvgIpc) is 3.29. The lowest BCUT2D eigenvalue weighted by molar-refractivity contribution is 0.0996. The largest absolute Gasteiger partial charge is 0.459 e. The molecule has 150 valence electrons. The summed E-state index contributed by atoms with van der Waals surface area (Å²) in [7, 11) is 0. The van der Waals surface area contributed by atoms with E-state index in [4.69, 9.17) is 4.42 Å². The molecule has 2 heterocycles. The molecule has 0 aliphatic rings. The Hall–Kier alpha value is -3.61. The lowest BCUT2D eigenvalue weighted by Gasteiger charge is -2.11. The second-order valence-electron chi connectivity index (χ2n) is 6.32. The number of carbonyl (C=O) groups excluding carboxylic acids is 1. The first kappa shape index (κ1) is 20.1. The van der Waals surface area contributed by atoms with E-state index in [1.807, 2.05) is 49.4 Å². The van der Waals surface area contributed by atoms with Gasteiger partial charge in [-0.05, 0) is 48.9 Å². The Morgan fingerprint density at radius 2 is 1.93 bits per heavy atom. The van der Waals surface area contributed by atoms with Gasteiger partial charge in [0.05, 0.1) is 12.8 Å². The number of aromatic nitrogens is 1. The Bertz CT molecular complexity index is 906. The van der Waals surface area contributed by atoms with Gasteiger partial charge in [0.25, 0.3) is 5.91 Å². The summed E-state index contributed by atoms with van der Waals surface area (Å²) in [4.78, 5) is 20.9. The minimum absolute atomic E-state index is 0.271. The molecule has 1 amide bonds. The molecule has 0 aliphatic carbocycles. The van der Waals surface area contributed by atoms with E-state index in [9.17, 15) is 4.79 Å². The summed E-state index contributed by atoms with van der Waals surface area (Å²) in [5.41, 5.74) is 2.80. The fraction of sp³-hybridized carbons (Fsp3) is 0.227. The number of nitrogens with one attached hydrogen (secondary N) is 3. The number of rotatable bonds is 8. The first-order valence-corrected chi connectivity index (χ1v) is 9.60. The number of amides is 1. The third kappa shape index (κ3) is 6.49. The average molecular weight is 391 g/mol. The Balaban J connectivity index is 1.51. The van der Waals surface area contributed by atoms with Gasteiger partial charge in [0.15, 0.2) is 11.7 Å². The van der Waals surface area contributed by atoms with Crippen LogP contribution in [0.2, 0.25) is 0 Å². The van der Waals surface area contributed by atoms with Gasteiger partial charge in [-0.1, -0.05) is 18.2 Å². The van der Waals surface area contributed by atoms with E-state index in [1.165, 1.54) is 6.26 Å². The van der Waals surface area contributed by atoms with E-state index in [-0.39, 0.29) is 11.7 Å². The number of aliphatic imine (C=N–C) groups is 1. The summed E-state index contributed by atoms with van der Waals surface area (Å²) in [5.74, 6) is 0.775. The van der Waals surface area contributed by atoms with E-state index >= 15 is 0 Å². The maximum Gasteiger partial charge on any atom is 0.291 e. The van der Waals surface area contributed by atoms with Crippen molar-refractivity contribution in [1.82, 2.24) is 15.6 Å². The van der Waals surface area contributed by atoms with Crippen LogP contribution in [0.1, 0.15) is 28.7 Å². The van der Waals surface area contributed by atoms with Crippen LogP contribution >= 0.6 is 0 Å². The van der Waals surface area contributed by atoms with E-state index in [0.29, 0.717) is 12.2 Å². The molecule has 0 atom stereocenters. The van der Waals surface area contributed by atoms with Gasteiger partial charge in [0.1, 0.15) is 0 Å². The molecule has 0 saturated carbocycles. The minimum Gasteiger partial charge on any atom is -0.459 e. The van der Waals surface area contributed by atoms with E-state index in [2.05, 4.69) is 25.9 Å². The number of carbonyl (C=O) groups is 1. The highest BCUT2D eigenvalue weighted by atomic mass is 16.3. The van der Waals surface area contributed by atoms with Gasteiger partial charge in [0.2, 0.25) is 0 Å². The summed E-state index contributed by atoms with van der Waals surface area (Å²) < 4.78 is 5.09. The van der Waals surface area contributed by atoms with Crippen molar-refractivity contribution in [3.05, 3.63) is 84.1 Å². The van der Waals surface area contributed by atoms with Crippen molar-refractivity contribution >= 4 is 17.6 Å². The molecule has 0 radical (unpaired) electrons. The topological polar surface area (TPSA) is 91.5 Å². The molecule has 0 unspecified atom stereocenters. The summed E-state index contributed by atoms with van der Waals surface area (Å²) >= 11 is 0. The van der Waals surface area contributed by atoms with Gasteiger partial charge in [-0.2, -0.15) is 0 Å². The summed E-state index contributed by atoms with van der Waals surface area (Å²) in [6, 6.07) is 16.8. The second kappa shape index (κ2) is 10.7. The number of guanidine groups is 1. The predicted octanol–water partition coefficient (Wildman–Crippen LogP) is 3.22. The molecule has 3 rings (SSSR count). The first-order valence-electron chi connectivity index (χ1n) is 9.60. The number of furan rings is 1. The van der Waals surface area contributed by atoms with Gasteiger partial charge in [0, 0.05) is 37.1 Å². The van der Waals surface area contributed by atoms with Crippen LogP contribution in [0.15, 0.2) is 76.5 Å². The molecule has 0 aliphatic heterocycles. The minimum atomic E-state index is -0.271. The quantitative estimate of drug-likeness (QED) is 0.405. The molecule has 1 aromatic carbocycles. The zero-order chi connectivity index (χ0) is 20.3. The van der Waals surface area contributed by atoms with Crippen molar-refractivity contribution in [2.24, 2.45) is 4.99 Å². The molecule has 3 N–H and O–H groups in total. The Morgan fingerprint density at radius 1 is 1.07 bits per heavy atom. The van der Waals surface area contributed by atoms with Crippen LogP contribution in [0.4, 0.5) is 5.69 Å². The van der Waals surface area contributed by atoms with E-state index in [0.717, 1.165) is 36.7 Å². The number of hydrogen-bond donors (Lipinski definition) is 3. The van der Waals surface area contributed by atoms with Crippen molar-refractivity contribution in [3.8, 4) is 0 Å². The monoisotopic (exact) mass is 391 g/mol. The zero-order valence-corrected chi connectivity index (χ0v) is 16.4. The number of anilines is 1. The molecule has 2 aromatic heterocycles. The van der Waals surface area contributed by atoms with Crippen LogP contribution in [0.3, 0.4) is 0 Å². The third-order valence-corrected chi connectivity index (χ3v) is 4.12. The van der Waals surface area contributed by atoms with Gasteiger partial charge in [-0.15, -0.1) is 0 Å². The zero-order valence-electron chi connectivity index (χ0n) is 16.4. The molecular weight excluding hydrogens is 366 g/mol. The lowest BCUT2D eigenvalue weighted by atomic mass is 10.2. The van der Waals surface area contributed by atoms with E-state index in [1.54, 1.807) is 18.3 Å². The van der Waals surface area contributed by atoms with Crippen molar-refractivity contribution in [2.75, 3.05) is 18.4 Å². The maximum atomic E-state index is 12.0. The van der Waals surface area contributed by atoms with Crippen molar-refractivity contribution < 1.29 is 9.21 Å². The number of pyridine rings is 1. The molecule has 7 nitrogen and oxygen atoms in total. The number of nitrogens with zero attached hydrogens (tertiary/aromatic N) is 2. The second-order valence-corrected chi connectivity index (χ2v) is 6.32. The molecule has 29 heavy (non-hydrogen) atoms. The normalized spacial score (nSPS) is 11.1. The first-order chi connectivity index (χ1) is 14.2. The van der Waals surface area contributed by atoms with E-state index < -0.39 is 0 Å². The van der Waals surface area contributed by atoms with Crippen LogP contribution in [0, 0.1) is 0 Å². The number of benzene rings is 1. The molecular formula is C22H25N5O2. The Labute approximate surface area is 170 Å². The van der Waals surface area contributed by atoms with Gasteiger partial charge >= 0.3 is 0 Å². The van der Waals surface area contributed by atoms with Gasteiger partial charge in [-0.25, -0.2) is 4.99 Å². The smallest absolute Gasteiger partial charge is 0.291 e. The van der Waals surface area contributed by atoms with Crippen molar-refractivity contribution in [2.45, 2.75) is 19.9 Å². The van der Waals surface area contributed by atoms with Crippen molar-refractivity contribution in [1.29, 1.82) is 0 Å². The molecule has 3 aromatic rings. The molecule has 7 heteroatoms. The van der Waals surface area contributed by atoms with Crippen LogP contribution in [0.5, 0.6) is 0 Å². The highest BCUT2D eigenvalue weighted by molar-refractivity contribution is 6.02. The summed E-state index contributed by atoms with van der Waals surface area (Å²) in [5, 5.41) is 9.37. The van der Waals surface area contributed by atoms with Crippen molar-refractivity contribution in [3.63, 3.8) is 0 Å². The Morgan fingerprint density at radius 3 is 2.62 bits per heavy atom. The highest BCUT2D eigenvalue weighted by Crippen LogP contribution is 2.12. The maximum absolute atomic E-state index is 12.0.